The number of esters is 1. The Balaban J connectivity index is 3.00. The lowest BCUT2D eigenvalue weighted by atomic mass is 10.1. The maximum Gasteiger partial charge on any atom is 0.327 e. The van der Waals surface area contributed by atoms with Crippen molar-refractivity contribution in [1.82, 2.24) is 5.32 Å². The van der Waals surface area contributed by atoms with Crippen LogP contribution in [0.5, 0.6) is 0 Å². The molecule has 0 aliphatic carbocycles. The third-order valence-electron chi connectivity index (χ3n) is 2.26. The third-order valence-corrected chi connectivity index (χ3v) is 3.18. The summed E-state index contributed by atoms with van der Waals surface area (Å²) < 4.78 is 5.82. The second-order valence-electron chi connectivity index (χ2n) is 3.55. The van der Waals surface area contributed by atoms with Crippen LogP contribution in [0.15, 0.2) is 35.3 Å². The van der Waals surface area contributed by atoms with Gasteiger partial charge in [0.2, 0.25) is 0 Å². The van der Waals surface area contributed by atoms with Crippen molar-refractivity contribution in [2.75, 3.05) is 13.2 Å². The molecule has 0 fully saturated rings. The molecule has 0 aliphatic rings. The van der Waals surface area contributed by atoms with E-state index in [1.165, 1.54) is 0 Å². The van der Waals surface area contributed by atoms with Gasteiger partial charge in [-0.2, -0.15) is 0 Å². The summed E-state index contributed by atoms with van der Waals surface area (Å²) in [6.07, 6.45) is 1.69. The highest BCUT2D eigenvalue weighted by Crippen LogP contribution is 2.27. The molecule has 0 aromatic heterocycles. The zero-order valence-corrected chi connectivity index (χ0v) is 12.4. The molecule has 0 amide bonds. The summed E-state index contributed by atoms with van der Waals surface area (Å²) >= 11 is 9.28. The minimum atomic E-state index is -0.533. The van der Waals surface area contributed by atoms with Crippen molar-refractivity contribution in [3.05, 3.63) is 45.9 Å². The number of nitrogens with one attached hydrogen (secondary N) is 1. The van der Waals surface area contributed by atoms with Gasteiger partial charge in [0.25, 0.3) is 0 Å². The molecule has 1 N–H and O–H groups in total. The van der Waals surface area contributed by atoms with Crippen LogP contribution in [0.4, 0.5) is 0 Å². The van der Waals surface area contributed by atoms with Gasteiger partial charge in [0.15, 0.2) is 0 Å². The average molecular weight is 333 g/mol. The van der Waals surface area contributed by atoms with E-state index >= 15 is 0 Å². The van der Waals surface area contributed by atoms with E-state index in [0.29, 0.717) is 18.2 Å². The molecule has 0 saturated carbocycles. The molecule has 1 unspecified atom stereocenters. The highest BCUT2D eigenvalue weighted by Gasteiger charge is 2.23. The smallest absolute Gasteiger partial charge is 0.327 e. The van der Waals surface area contributed by atoms with Crippen LogP contribution in [0.2, 0.25) is 5.02 Å². The Morgan fingerprint density at radius 1 is 1.67 bits per heavy atom. The SMILES string of the molecule is C=CCNC(C(=O)OCC)c1ccc(Cl)cc1Br. The van der Waals surface area contributed by atoms with Gasteiger partial charge in [-0.3, -0.25) is 5.32 Å². The Bertz CT molecular complexity index is 437. The summed E-state index contributed by atoms with van der Waals surface area (Å²) in [4.78, 5) is 11.9. The Morgan fingerprint density at radius 2 is 2.39 bits per heavy atom. The Morgan fingerprint density at radius 3 is 2.94 bits per heavy atom. The minimum Gasteiger partial charge on any atom is -0.465 e. The fourth-order valence-electron chi connectivity index (χ4n) is 1.48. The average Bonchev–Trinajstić information content (AvgIpc) is 2.32. The summed E-state index contributed by atoms with van der Waals surface area (Å²) in [6.45, 7) is 6.25. The molecule has 0 aliphatic heterocycles. The first-order valence-corrected chi connectivity index (χ1v) is 6.73. The number of carbonyl (C=O) groups excluding carboxylic acids is 1. The van der Waals surface area contributed by atoms with E-state index in [4.69, 9.17) is 16.3 Å². The molecule has 1 rings (SSSR count). The molecule has 0 spiro atoms. The van der Waals surface area contributed by atoms with Gasteiger partial charge in [0.05, 0.1) is 6.61 Å². The summed E-state index contributed by atoms with van der Waals surface area (Å²) in [5.41, 5.74) is 0.791. The first-order valence-electron chi connectivity index (χ1n) is 5.56. The van der Waals surface area contributed by atoms with Crippen molar-refractivity contribution in [2.24, 2.45) is 0 Å². The van der Waals surface area contributed by atoms with Crippen LogP contribution in [0.1, 0.15) is 18.5 Å². The zero-order valence-electron chi connectivity index (χ0n) is 10.1. The monoisotopic (exact) mass is 331 g/mol. The largest absolute Gasteiger partial charge is 0.465 e. The molecule has 3 nitrogen and oxygen atoms in total. The highest BCUT2D eigenvalue weighted by molar-refractivity contribution is 9.10. The maximum atomic E-state index is 11.9. The summed E-state index contributed by atoms with van der Waals surface area (Å²) in [7, 11) is 0. The third kappa shape index (κ3) is 4.12. The van der Waals surface area contributed by atoms with Gasteiger partial charge in [-0.25, -0.2) is 4.79 Å². The molecule has 18 heavy (non-hydrogen) atoms. The Hall–Kier alpha value is -0.840. The predicted octanol–water partition coefficient (Wildman–Crippen LogP) is 3.48. The summed E-state index contributed by atoms with van der Waals surface area (Å²) in [6, 6.07) is 4.75. The standard InChI is InChI=1S/C13H15BrClNO2/c1-3-7-16-12(13(17)18-4-2)10-6-5-9(15)8-11(10)14/h3,5-6,8,12,16H,1,4,7H2,2H3. The molecule has 98 valence electrons. The normalized spacial score (nSPS) is 11.9. The van der Waals surface area contributed by atoms with E-state index in [1.54, 1.807) is 31.2 Å². The van der Waals surface area contributed by atoms with Crippen LogP contribution in [0.25, 0.3) is 0 Å². The molecule has 0 radical (unpaired) electrons. The summed E-state index contributed by atoms with van der Waals surface area (Å²) in [5, 5.41) is 3.67. The van der Waals surface area contributed by atoms with Crippen molar-refractivity contribution in [3.8, 4) is 0 Å². The Labute approximate surface area is 120 Å². The van der Waals surface area contributed by atoms with Crippen LogP contribution >= 0.6 is 27.5 Å². The lowest BCUT2D eigenvalue weighted by Gasteiger charge is -2.18. The summed E-state index contributed by atoms with van der Waals surface area (Å²) in [5.74, 6) is -0.317. The quantitative estimate of drug-likeness (QED) is 0.640. The second-order valence-corrected chi connectivity index (χ2v) is 4.84. The van der Waals surface area contributed by atoms with Gasteiger partial charge < -0.3 is 4.74 Å². The van der Waals surface area contributed by atoms with Crippen molar-refractivity contribution in [2.45, 2.75) is 13.0 Å². The highest BCUT2D eigenvalue weighted by atomic mass is 79.9. The van der Waals surface area contributed by atoms with E-state index in [9.17, 15) is 4.79 Å². The fourth-order valence-corrected chi connectivity index (χ4v) is 2.39. The minimum absolute atomic E-state index is 0.317. The number of hydrogen-bond donors (Lipinski definition) is 1. The van der Waals surface area contributed by atoms with E-state index in [0.717, 1.165) is 10.0 Å². The maximum absolute atomic E-state index is 11.9. The number of benzene rings is 1. The molecule has 0 saturated heterocycles. The van der Waals surface area contributed by atoms with Gasteiger partial charge in [-0.1, -0.05) is 39.7 Å². The van der Waals surface area contributed by atoms with Gasteiger partial charge in [0, 0.05) is 16.0 Å². The first-order chi connectivity index (χ1) is 8.60. The van der Waals surface area contributed by atoms with E-state index in [1.807, 2.05) is 0 Å². The number of ether oxygens (including phenoxy) is 1. The van der Waals surface area contributed by atoms with Gasteiger partial charge >= 0.3 is 5.97 Å². The van der Waals surface area contributed by atoms with E-state index in [2.05, 4.69) is 27.8 Å². The van der Waals surface area contributed by atoms with Gasteiger partial charge in [-0.05, 0) is 24.6 Å². The predicted molar refractivity (Wildman–Crippen MR) is 76.7 cm³/mol. The van der Waals surface area contributed by atoms with Crippen LogP contribution < -0.4 is 5.32 Å². The van der Waals surface area contributed by atoms with Crippen LogP contribution in [-0.2, 0) is 9.53 Å². The van der Waals surface area contributed by atoms with Gasteiger partial charge in [0.1, 0.15) is 6.04 Å². The van der Waals surface area contributed by atoms with Crippen molar-refractivity contribution < 1.29 is 9.53 Å². The van der Waals surface area contributed by atoms with Crippen molar-refractivity contribution in [1.29, 1.82) is 0 Å². The van der Waals surface area contributed by atoms with E-state index in [-0.39, 0.29) is 5.97 Å². The lowest BCUT2D eigenvalue weighted by molar-refractivity contribution is -0.145. The molecule has 1 atom stereocenters. The number of rotatable bonds is 6. The zero-order chi connectivity index (χ0) is 13.5. The second kappa shape index (κ2) is 7.56. The molecular weight excluding hydrogens is 318 g/mol. The molecule has 5 heteroatoms. The first kappa shape index (κ1) is 15.2. The number of halogens is 2. The van der Waals surface area contributed by atoms with E-state index < -0.39 is 6.04 Å². The van der Waals surface area contributed by atoms with Crippen LogP contribution in [-0.4, -0.2) is 19.1 Å². The Kier molecular flexibility index (Phi) is 6.39. The number of hydrogen-bond acceptors (Lipinski definition) is 3. The molecular formula is C13H15BrClNO2. The van der Waals surface area contributed by atoms with Crippen LogP contribution in [0.3, 0.4) is 0 Å². The lowest BCUT2D eigenvalue weighted by Crippen LogP contribution is -2.30. The molecule has 1 aromatic rings. The molecule has 1 aromatic carbocycles. The molecule has 0 heterocycles. The fraction of sp³-hybridized carbons (Fsp3) is 0.308. The number of carbonyl (C=O) groups is 1. The van der Waals surface area contributed by atoms with Gasteiger partial charge in [-0.15, -0.1) is 6.58 Å². The van der Waals surface area contributed by atoms with Crippen LogP contribution in [0, 0.1) is 0 Å². The molecule has 0 bridgehead atoms. The van der Waals surface area contributed by atoms with Crippen molar-refractivity contribution in [3.63, 3.8) is 0 Å². The van der Waals surface area contributed by atoms with Crippen molar-refractivity contribution >= 4 is 33.5 Å². The topological polar surface area (TPSA) is 38.3 Å².